The molecule has 0 spiro atoms. The minimum absolute atomic E-state index is 0.0317. The number of piperazine rings is 1. The predicted octanol–water partition coefficient (Wildman–Crippen LogP) is 6.45. The quantitative estimate of drug-likeness (QED) is 0.278. The largest absolute Gasteiger partial charge is 0.417 e. The molecule has 1 fully saturated rings. The number of benzene rings is 3. The maximum absolute atomic E-state index is 13.0. The molecule has 1 saturated heterocycles. The highest BCUT2D eigenvalue weighted by Crippen LogP contribution is 2.36. The van der Waals surface area contributed by atoms with Crippen LogP contribution in [-0.2, 0) is 6.18 Å². The molecule has 2 heterocycles. The topological polar surface area (TPSA) is 80.5 Å². The lowest BCUT2D eigenvalue weighted by atomic mass is 10.2. The van der Waals surface area contributed by atoms with Gasteiger partial charge in [-0.05, 0) is 54.6 Å². The van der Waals surface area contributed by atoms with Gasteiger partial charge in [-0.3, -0.25) is 4.79 Å². The SMILES string of the molecule is O=C(Nc1ccc(N2CCN(C(=O)c3cc4ccccc4[nH]3)CC2)cc1)Nc1ccc(Cl)c(C(F)(F)F)c1. The van der Waals surface area contributed by atoms with Crippen molar-refractivity contribution in [2.75, 3.05) is 41.7 Å². The van der Waals surface area contributed by atoms with Crippen LogP contribution in [0.5, 0.6) is 0 Å². The minimum atomic E-state index is -4.63. The van der Waals surface area contributed by atoms with E-state index in [1.807, 2.05) is 47.4 Å². The van der Waals surface area contributed by atoms with Gasteiger partial charge < -0.3 is 25.4 Å². The molecule has 0 atom stereocenters. The number of H-pyrrole nitrogens is 1. The number of carbonyl (C=O) groups excluding carboxylic acids is 2. The second kappa shape index (κ2) is 10.3. The summed E-state index contributed by atoms with van der Waals surface area (Å²) >= 11 is 5.62. The first-order valence-corrected chi connectivity index (χ1v) is 12.2. The molecule has 5 rings (SSSR count). The van der Waals surface area contributed by atoms with Crippen LogP contribution >= 0.6 is 11.6 Å². The molecule has 1 aliphatic rings. The van der Waals surface area contributed by atoms with Crippen LogP contribution in [0.1, 0.15) is 16.1 Å². The van der Waals surface area contributed by atoms with Gasteiger partial charge in [0, 0.05) is 54.1 Å². The molecular formula is C27H23ClF3N5O2. The summed E-state index contributed by atoms with van der Waals surface area (Å²) in [6.45, 7) is 2.43. The maximum atomic E-state index is 13.0. The summed E-state index contributed by atoms with van der Waals surface area (Å²) in [7, 11) is 0. The van der Waals surface area contributed by atoms with Gasteiger partial charge in [0.1, 0.15) is 5.69 Å². The van der Waals surface area contributed by atoms with E-state index in [0.29, 0.717) is 37.6 Å². The van der Waals surface area contributed by atoms with Crippen molar-refractivity contribution in [2.45, 2.75) is 6.18 Å². The number of aromatic amines is 1. The summed E-state index contributed by atoms with van der Waals surface area (Å²) in [5, 5.41) is 5.55. The van der Waals surface area contributed by atoms with Crippen molar-refractivity contribution in [3.8, 4) is 0 Å². The Morgan fingerprint density at radius 3 is 2.18 bits per heavy atom. The molecule has 3 amide bonds. The molecule has 0 radical (unpaired) electrons. The highest BCUT2D eigenvalue weighted by molar-refractivity contribution is 6.31. The second-order valence-corrected chi connectivity index (χ2v) is 9.28. The van der Waals surface area contributed by atoms with Crippen LogP contribution in [0.3, 0.4) is 0 Å². The Hall–Kier alpha value is -4.18. The molecule has 0 unspecified atom stereocenters. The molecule has 0 aliphatic carbocycles. The lowest BCUT2D eigenvalue weighted by Gasteiger charge is -2.36. The Morgan fingerprint density at radius 2 is 1.50 bits per heavy atom. The number of hydrogen-bond donors (Lipinski definition) is 3. The Balaban J connectivity index is 1.15. The fraction of sp³-hybridized carbons (Fsp3) is 0.185. The first-order chi connectivity index (χ1) is 18.2. The van der Waals surface area contributed by atoms with E-state index in [4.69, 9.17) is 11.6 Å². The molecule has 196 valence electrons. The Labute approximate surface area is 221 Å². The number of hydrogen-bond acceptors (Lipinski definition) is 3. The lowest BCUT2D eigenvalue weighted by molar-refractivity contribution is -0.137. The van der Waals surface area contributed by atoms with Crippen molar-refractivity contribution in [3.05, 3.63) is 89.1 Å². The van der Waals surface area contributed by atoms with Crippen LogP contribution in [0.4, 0.5) is 35.0 Å². The van der Waals surface area contributed by atoms with Crippen LogP contribution in [0.15, 0.2) is 72.8 Å². The second-order valence-electron chi connectivity index (χ2n) is 8.87. The summed E-state index contributed by atoms with van der Waals surface area (Å²) in [5.41, 5.74) is 1.85. The lowest BCUT2D eigenvalue weighted by Crippen LogP contribution is -2.48. The van der Waals surface area contributed by atoms with E-state index < -0.39 is 22.8 Å². The average molecular weight is 542 g/mol. The first kappa shape index (κ1) is 25.5. The van der Waals surface area contributed by atoms with E-state index in [1.165, 1.54) is 6.07 Å². The van der Waals surface area contributed by atoms with Gasteiger partial charge >= 0.3 is 12.2 Å². The molecule has 3 N–H and O–H groups in total. The number of para-hydroxylation sites is 1. The van der Waals surface area contributed by atoms with E-state index in [0.717, 1.165) is 28.7 Å². The number of rotatable bonds is 4. The molecule has 0 saturated carbocycles. The number of aromatic nitrogens is 1. The van der Waals surface area contributed by atoms with Gasteiger partial charge in [0.2, 0.25) is 0 Å². The smallest absolute Gasteiger partial charge is 0.368 e. The number of amides is 3. The maximum Gasteiger partial charge on any atom is 0.417 e. The third-order valence-electron chi connectivity index (χ3n) is 6.35. The molecule has 11 heteroatoms. The highest BCUT2D eigenvalue weighted by atomic mass is 35.5. The van der Waals surface area contributed by atoms with Crippen molar-refractivity contribution in [3.63, 3.8) is 0 Å². The Bertz CT molecular complexity index is 1450. The Morgan fingerprint density at radius 1 is 0.842 bits per heavy atom. The van der Waals surface area contributed by atoms with Gasteiger partial charge in [-0.15, -0.1) is 0 Å². The standard InChI is InChI=1S/C27H23ClF3N5O2/c28-22-10-7-19(16-21(22)27(29,30)31)33-26(38)32-18-5-8-20(9-6-18)35-11-13-36(14-12-35)25(37)24-15-17-3-1-2-4-23(17)34-24/h1-10,15-16,34H,11-14H2,(H2,32,33,38). The normalized spacial score (nSPS) is 14.0. The third kappa shape index (κ3) is 5.55. The van der Waals surface area contributed by atoms with Gasteiger partial charge in [0.05, 0.1) is 10.6 Å². The molecule has 1 aliphatic heterocycles. The number of urea groups is 1. The summed E-state index contributed by atoms with van der Waals surface area (Å²) < 4.78 is 39.1. The summed E-state index contributed by atoms with van der Waals surface area (Å²) in [6, 6.07) is 19.2. The third-order valence-corrected chi connectivity index (χ3v) is 6.68. The number of nitrogens with zero attached hydrogens (tertiary/aromatic N) is 2. The molecule has 7 nitrogen and oxygen atoms in total. The molecule has 38 heavy (non-hydrogen) atoms. The zero-order valence-corrected chi connectivity index (χ0v) is 20.7. The Kier molecular flexibility index (Phi) is 6.90. The average Bonchev–Trinajstić information content (AvgIpc) is 3.34. The fourth-order valence-electron chi connectivity index (χ4n) is 4.40. The van der Waals surface area contributed by atoms with E-state index >= 15 is 0 Å². The number of halogens is 4. The van der Waals surface area contributed by atoms with Crippen molar-refractivity contribution >= 4 is 51.5 Å². The van der Waals surface area contributed by atoms with Crippen LogP contribution < -0.4 is 15.5 Å². The van der Waals surface area contributed by atoms with E-state index in [-0.39, 0.29) is 11.6 Å². The highest BCUT2D eigenvalue weighted by Gasteiger charge is 2.33. The predicted molar refractivity (Wildman–Crippen MR) is 142 cm³/mol. The van der Waals surface area contributed by atoms with E-state index in [2.05, 4.69) is 20.5 Å². The van der Waals surface area contributed by atoms with Crippen LogP contribution in [0.2, 0.25) is 5.02 Å². The number of anilines is 3. The van der Waals surface area contributed by atoms with E-state index in [1.54, 1.807) is 12.1 Å². The summed E-state index contributed by atoms with van der Waals surface area (Å²) in [6.07, 6.45) is -4.63. The number of carbonyl (C=O) groups is 2. The van der Waals surface area contributed by atoms with Gasteiger partial charge in [0.25, 0.3) is 5.91 Å². The van der Waals surface area contributed by atoms with Crippen LogP contribution in [-0.4, -0.2) is 48.0 Å². The van der Waals surface area contributed by atoms with E-state index in [9.17, 15) is 22.8 Å². The van der Waals surface area contributed by atoms with Crippen molar-refractivity contribution < 1.29 is 22.8 Å². The van der Waals surface area contributed by atoms with Crippen molar-refractivity contribution in [1.29, 1.82) is 0 Å². The van der Waals surface area contributed by atoms with Gasteiger partial charge in [-0.1, -0.05) is 29.8 Å². The minimum Gasteiger partial charge on any atom is -0.368 e. The fourth-order valence-corrected chi connectivity index (χ4v) is 4.62. The molecule has 1 aromatic heterocycles. The summed E-state index contributed by atoms with van der Waals surface area (Å²) in [5.74, 6) is -0.0329. The van der Waals surface area contributed by atoms with Gasteiger partial charge in [-0.25, -0.2) is 4.79 Å². The number of alkyl halides is 3. The van der Waals surface area contributed by atoms with Gasteiger partial charge in [-0.2, -0.15) is 13.2 Å². The zero-order chi connectivity index (χ0) is 26.9. The number of fused-ring (bicyclic) bond motifs is 1. The monoisotopic (exact) mass is 541 g/mol. The molecule has 0 bridgehead atoms. The summed E-state index contributed by atoms with van der Waals surface area (Å²) in [4.78, 5) is 32.4. The molecular weight excluding hydrogens is 519 g/mol. The zero-order valence-electron chi connectivity index (χ0n) is 20.0. The molecule has 4 aromatic rings. The van der Waals surface area contributed by atoms with Gasteiger partial charge in [0.15, 0.2) is 0 Å². The van der Waals surface area contributed by atoms with Crippen molar-refractivity contribution in [1.82, 2.24) is 9.88 Å². The van der Waals surface area contributed by atoms with Crippen molar-refractivity contribution in [2.24, 2.45) is 0 Å². The van der Waals surface area contributed by atoms with Crippen LogP contribution in [0, 0.1) is 0 Å². The molecule has 3 aromatic carbocycles. The van der Waals surface area contributed by atoms with Crippen LogP contribution in [0.25, 0.3) is 10.9 Å². The number of nitrogens with one attached hydrogen (secondary N) is 3. The first-order valence-electron chi connectivity index (χ1n) is 11.8.